The van der Waals surface area contributed by atoms with Crippen molar-refractivity contribution in [2.24, 2.45) is 16.3 Å². The van der Waals surface area contributed by atoms with Gasteiger partial charge in [-0.2, -0.15) is 0 Å². The smallest absolute Gasteiger partial charge is 0.191 e. The third-order valence-electron chi connectivity index (χ3n) is 5.19. The Balaban J connectivity index is 2.47. The van der Waals surface area contributed by atoms with Crippen LogP contribution >= 0.6 is 0 Å². The largest absolute Gasteiger partial charge is 0.355 e. The number of aliphatic imine (C=N–C) groups is 1. The Morgan fingerprint density at radius 3 is 2.16 bits per heavy atom. The maximum atomic E-state index is 4.43. The van der Waals surface area contributed by atoms with Crippen molar-refractivity contribution in [2.75, 3.05) is 46.8 Å². The molecule has 2 unspecified atom stereocenters. The fraction of sp³-hybridized carbons (Fsp3) is 0.950. The van der Waals surface area contributed by atoms with Gasteiger partial charge in [-0.25, -0.2) is 0 Å². The Bertz CT molecular complexity index is 391. The molecule has 148 valence electrons. The molecule has 1 saturated heterocycles. The van der Waals surface area contributed by atoms with E-state index in [2.05, 4.69) is 74.0 Å². The van der Waals surface area contributed by atoms with Crippen LogP contribution in [0.15, 0.2) is 4.99 Å². The Labute approximate surface area is 156 Å². The van der Waals surface area contributed by atoms with Crippen molar-refractivity contribution in [3.8, 4) is 0 Å². The van der Waals surface area contributed by atoms with Crippen LogP contribution in [0.5, 0.6) is 0 Å². The zero-order valence-corrected chi connectivity index (χ0v) is 18.0. The minimum absolute atomic E-state index is 0.386. The van der Waals surface area contributed by atoms with Crippen LogP contribution in [0.25, 0.3) is 0 Å². The van der Waals surface area contributed by atoms with E-state index in [-0.39, 0.29) is 0 Å². The summed E-state index contributed by atoms with van der Waals surface area (Å²) in [6.45, 7) is 19.4. The van der Waals surface area contributed by atoms with E-state index in [1.165, 1.54) is 19.5 Å². The van der Waals surface area contributed by atoms with E-state index < -0.39 is 0 Å². The van der Waals surface area contributed by atoms with Crippen LogP contribution in [0, 0.1) is 11.3 Å². The molecule has 5 heteroatoms. The normalized spacial score (nSPS) is 20.6. The summed E-state index contributed by atoms with van der Waals surface area (Å²) in [6.07, 6.45) is 2.38. The molecule has 1 aliphatic heterocycles. The molecule has 0 amide bonds. The predicted molar refractivity (Wildman–Crippen MR) is 110 cm³/mol. The van der Waals surface area contributed by atoms with Crippen LogP contribution in [0.2, 0.25) is 0 Å². The van der Waals surface area contributed by atoms with E-state index >= 15 is 0 Å². The highest BCUT2D eigenvalue weighted by Gasteiger charge is 2.25. The number of likely N-dealkylation sites (N-methyl/N-ethyl adjacent to an activating group) is 1. The van der Waals surface area contributed by atoms with E-state index in [0.29, 0.717) is 23.4 Å². The van der Waals surface area contributed by atoms with Crippen LogP contribution < -0.4 is 10.6 Å². The molecular weight excluding hydrogens is 310 g/mol. The molecule has 0 saturated carbocycles. The zero-order valence-electron chi connectivity index (χ0n) is 18.0. The summed E-state index contributed by atoms with van der Waals surface area (Å²) in [5.41, 5.74) is 0.386. The molecule has 2 N–H and O–H groups in total. The molecule has 5 nitrogen and oxygen atoms in total. The third-order valence-corrected chi connectivity index (χ3v) is 5.19. The molecule has 0 aromatic carbocycles. The molecule has 0 aliphatic carbocycles. The quantitative estimate of drug-likeness (QED) is 0.545. The van der Waals surface area contributed by atoms with Gasteiger partial charge in [0.1, 0.15) is 0 Å². The van der Waals surface area contributed by atoms with Gasteiger partial charge in [0, 0.05) is 51.9 Å². The fourth-order valence-corrected chi connectivity index (χ4v) is 3.29. The van der Waals surface area contributed by atoms with Crippen LogP contribution in [-0.2, 0) is 0 Å². The zero-order chi connectivity index (χ0) is 19.0. The molecule has 1 rings (SSSR count). The second kappa shape index (κ2) is 10.4. The SMILES string of the molecule is CN=C(NCC(C(C)C)N1CCN(C)CC1)NC(C)CCC(C)(C)C. The number of piperazine rings is 1. The van der Waals surface area contributed by atoms with E-state index in [4.69, 9.17) is 0 Å². The molecule has 25 heavy (non-hydrogen) atoms. The van der Waals surface area contributed by atoms with E-state index in [1.54, 1.807) is 0 Å². The first-order chi connectivity index (χ1) is 11.6. The summed E-state index contributed by atoms with van der Waals surface area (Å²) in [7, 11) is 4.08. The number of nitrogens with one attached hydrogen (secondary N) is 2. The van der Waals surface area contributed by atoms with Crippen LogP contribution in [-0.4, -0.2) is 74.7 Å². The van der Waals surface area contributed by atoms with E-state index in [1.807, 2.05) is 7.05 Å². The van der Waals surface area contributed by atoms with Gasteiger partial charge < -0.3 is 15.5 Å². The average molecular weight is 354 g/mol. The number of guanidine groups is 1. The monoisotopic (exact) mass is 353 g/mol. The van der Waals surface area contributed by atoms with Crippen molar-refractivity contribution in [1.82, 2.24) is 20.4 Å². The van der Waals surface area contributed by atoms with Crippen LogP contribution in [0.4, 0.5) is 0 Å². The Hall–Kier alpha value is -0.810. The van der Waals surface area contributed by atoms with Gasteiger partial charge in [-0.1, -0.05) is 34.6 Å². The topological polar surface area (TPSA) is 42.9 Å². The van der Waals surface area contributed by atoms with Gasteiger partial charge >= 0.3 is 0 Å². The minimum atomic E-state index is 0.386. The number of rotatable bonds is 7. The molecule has 0 spiro atoms. The van der Waals surface area contributed by atoms with Gasteiger partial charge in [0.05, 0.1) is 0 Å². The predicted octanol–water partition coefficient (Wildman–Crippen LogP) is 2.64. The lowest BCUT2D eigenvalue weighted by atomic mass is 9.89. The van der Waals surface area contributed by atoms with E-state index in [0.717, 1.165) is 32.0 Å². The Kier molecular flexibility index (Phi) is 9.22. The maximum Gasteiger partial charge on any atom is 0.191 e. The highest BCUT2D eigenvalue weighted by Crippen LogP contribution is 2.21. The van der Waals surface area contributed by atoms with Crippen molar-refractivity contribution in [3.63, 3.8) is 0 Å². The third kappa shape index (κ3) is 8.91. The van der Waals surface area contributed by atoms with Gasteiger partial charge in [0.15, 0.2) is 5.96 Å². The van der Waals surface area contributed by atoms with Crippen molar-refractivity contribution < 1.29 is 0 Å². The van der Waals surface area contributed by atoms with Gasteiger partial charge in [-0.3, -0.25) is 9.89 Å². The highest BCUT2D eigenvalue weighted by molar-refractivity contribution is 5.79. The van der Waals surface area contributed by atoms with Crippen LogP contribution in [0.3, 0.4) is 0 Å². The summed E-state index contributed by atoms with van der Waals surface area (Å²) >= 11 is 0. The van der Waals surface area contributed by atoms with E-state index in [9.17, 15) is 0 Å². The van der Waals surface area contributed by atoms with Gasteiger partial charge in [-0.15, -0.1) is 0 Å². The first-order valence-corrected chi connectivity index (χ1v) is 10.0. The summed E-state index contributed by atoms with van der Waals surface area (Å²) in [5.74, 6) is 1.56. The van der Waals surface area contributed by atoms with Gasteiger partial charge in [0.2, 0.25) is 0 Å². The first kappa shape index (κ1) is 22.2. The molecule has 1 fully saturated rings. The van der Waals surface area contributed by atoms with Crippen molar-refractivity contribution in [3.05, 3.63) is 0 Å². The summed E-state index contributed by atoms with van der Waals surface area (Å²) in [5, 5.41) is 7.13. The van der Waals surface area contributed by atoms with Crippen LogP contribution in [0.1, 0.15) is 54.4 Å². The Morgan fingerprint density at radius 1 is 1.08 bits per heavy atom. The lowest BCUT2D eigenvalue weighted by molar-refractivity contribution is 0.0899. The molecule has 2 atom stereocenters. The summed E-state index contributed by atoms with van der Waals surface area (Å²) in [6, 6.07) is 0.990. The fourth-order valence-electron chi connectivity index (χ4n) is 3.29. The molecule has 1 aliphatic rings. The molecule has 0 bridgehead atoms. The first-order valence-electron chi connectivity index (χ1n) is 10.0. The summed E-state index contributed by atoms with van der Waals surface area (Å²) < 4.78 is 0. The van der Waals surface area contributed by atoms with Gasteiger partial charge in [0.25, 0.3) is 0 Å². The number of hydrogen-bond donors (Lipinski definition) is 2. The van der Waals surface area contributed by atoms with Crippen molar-refractivity contribution >= 4 is 5.96 Å². The average Bonchev–Trinajstić information content (AvgIpc) is 2.52. The maximum absolute atomic E-state index is 4.43. The molecule has 0 aromatic heterocycles. The number of hydrogen-bond acceptors (Lipinski definition) is 3. The second-order valence-corrected chi connectivity index (χ2v) is 9.25. The number of nitrogens with zero attached hydrogens (tertiary/aromatic N) is 3. The Morgan fingerprint density at radius 2 is 1.68 bits per heavy atom. The standard InChI is InChI=1S/C20H43N5/c1-16(2)18(25-13-11-24(8)12-14-25)15-22-19(21-7)23-17(3)9-10-20(4,5)6/h16-18H,9-15H2,1-8H3,(H2,21,22,23). The van der Waals surface area contributed by atoms with Crippen molar-refractivity contribution in [2.45, 2.75) is 66.5 Å². The molecule has 1 heterocycles. The molecule has 0 radical (unpaired) electrons. The lowest BCUT2D eigenvalue weighted by Crippen LogP contribution is -2.55. The molecular formula is C20H43N5. The minimum Gasteiger partial charge on any atom is -0.355 e. The lowest BCUT2D eigenvalue weighted by Gasteiger charge is -2.40. The highest BCUT2D eigenvalue weighted by atomic mass is 15.3. The second-order valence-electron chi connectivity index (χ2n) is 9.25. The molecule has 0 aromatic rings. The van der Waals surface area contributed by atoms with Gasteiger partial charge in [-0.05, 0) is 38.1 Å². The summed E-state index contributed by atoms with van der Waals surface area (Å²) in [4.78, 5) is 9.48. The van der Waals surface area contributed by atoms with Crippen molar-refractivity contribution in [1.29, 1.82) is 0 Å².